The molecule has 1 aliphatic heterocycles. The van der Waals surface area contributed by atoms with Gasteiger partial charge in [0.2, 0.25) is 5.91 Å². The topological polar surface area (TPSA) is 93.3 Å². The molecule has 2 amide bonds. The lowest BCUT2D eigenvalue weighted by Crippen LogP contribution is -2.41. The third-order valence-electron chi connectivity index (χ3n) is 3.75. The van der Waals surface area contributed by atoms with Crippen molar-refractivity contribution in [2.75, 3.05) is 17.2 Å². The molecule has 1 unspecified atom stereocenters. The van der Waals surface area contributed by atoms with Gasteiger partial charge < -0.3 is 14.7 Å². The van der Waals surface area contributed by atoms with Crippen LogP contribution in [0.5, 0.6) is 0 Å². The van der Waals surface area contributed by atoms with Gasteiger partial charge in [-0.3, -0.25) is 14.3 Å². The summed E-state index contributed by atoms with van der Waals surface area (Å²) in [6, 6.07) is 1.07. The predicted octanol–water partition coefficient (Wildman–Crippen LogP) is 1.20. The molecule has 0 bridgehead atoms. The fourth-order valence-corrected chi connectivity index (χ4v) is 3.08. The van der Waals surface area contributed by atoms with Crippen LogP contribution in [0.15, 0.2) is 23.0 Å². The predicted molar refractivity (Wildman–Crippen MR) is 89.8 cm³/mol. The third kappa shape index (κ3) is 3.45. The summed E-state index contributed by atoms with van der Waals surface area (Å²) in [5, 5.41) is 10.6. The Bertz CT molecular complexity index is 741. The van der Waals surface area contributed by atoms with Crippen LogP contribution in [0.3, 0.4) is 0 Å². The molecule has 1 N–H and O–H groups in total. The minimum absolute atomic E-state index is 0.137. The normalized spacial score (nSPS) is 17.5. The summed E-state index contributed by atoms with van der Waals surface area (Å²) < 4.78 is 6.77. The maximum absolute atomic E-state index is 12.5. The lowest BCUT2D eigenvalue weighted by molar-refractivity contribution is -0.118. The molecule has 0 aromatic carbocycles. The van der Waals surface area contributed by atoms with Crippen molar-refractivity contribution in [2.45, 2.75) is 25.1 Å². The molecule has 128 valence electrons. The number of carbonyl (C=O) groups is 2. The van der Waals surface area contributed by atoms with Gasteiger partial charge >= 0.3 is 0 Å². The van der Waals surface area contributed by atoms with E-state index in [0.29, 0.717) is 24.5 Å². The summed E-state index contributed by atoms with van der Waals surface area (Å²) >= 11 is 1.69. The number of anilines is 1. The van der Waals surface area contributed by atoms with Crippen molar-refractivity contribution >= 4 is 29.3 Å². The third-order valence-corrected chi connectivity index (χ3v) is 4.65. The molecule has 8 nitrogen and oxygen atoms in total. The SMILES string of the molecule is CCSCc1cc(C(=O)NC2CCN(c3cnn(C)c3)C2=O)no1. The quantitative estimate of drug-likeness (QED) is 0.842. The van der Waals surface area contributed by atoms with Crippen molar-refractivity contribution in [3.05, 3.63) is 29.9 Å². The van der Waals surface area contributed by atoms with Crippen LogP contribution in [0.4, 0.5) is 5.69 Å². The van der Waals surface area contributed by atoms with E-state index in [-0.39, 0.29) is 11.6 Å². The average Bonchev–Trinajstić information content (AvgIpc) is 3.27. The zero-order valence-electron chi connectivity index (χ0n) is 13.6. The first-order valence-corrected chi connectivity index (χ1v) is 8.88. The smallest absolute Gasteiger partial charge is 0.274 e. The largest absolute Gasteiger partial charge is 0.360 e. The second-order valence-corrected chi connectivity index (χ2v) is 6.77. The molecular weight excluding hydrogens is 330 g/mol. The number of hydrogen-bond acceptors (Lipinski definition) is 6. The first-order chi connectivity index (χ1) is 11.6. The van der Waals surface area contributed by atoms with Crippen LogP contribution < -0.4 is 10.2 Å². The maximum atomic E-state index is 12.5. The highest BCUT2D eigenvalue weighted by Gasteiger charge is 2.34. The van der Waals surface area contributed by atoms with Crippen LogP contribution in [0.2, 0.25) is 0 Å². The van der Waals surface area contributed by atoms with E-state index in [1.807, 2.05) is 6.92 Å². The number of aryl methyl sites for hydroxylation is 1. The molecule has 24 heavy (non-hydrogen) atoms. The number of nitrogens with zero attached hydrogens (tertiary/aromatic N) is 4. The second kappa shape index (κ2) is 7.08. The van der Waals surface area contributed by atoms with E-state index in [4.69, 9.17) is 4.52 Å². The molecule has 1 saturated heterocycles. The van der Waals surface area contributed by atoms with Crippen molar-refractivity contribution in [1.29, 1.82) is 0 Å². The molecule has 0 saturated carbocycles. The minimum atomic E-state index is -0.553. The van der Waals surface area contributed by atoms with Crippen molar-refractivity contribution < 1.29 is 14.1 Å². The molecule has 1 aliphatic rings. The van der Waals surface area contributed by atoms with Gasteiger partial charge in [-0.2, -0.15) is 16.9 Å². The van der Waals surface area contributed by atoms with E-state index < -0.39 is 11.9 Å². The summed E-state index contributed by atoms with van der Waals surface area (Å²) in [5.41, 5.74) is 0.939. The van der Waals surface area contributed by atoms with Crippen LogP contribution in [-0.4, -0.2) is 45.1 Å². The van der Waals surface area contributed by atoms with Gasteiger partial charge in [0.1, 0.15) is 11.8 Å². The molecule has 0 radical (unpaired) electrons. The molecule has 1 atom stereocenters. The summed E-state index contributed by atoms with van der Waals surface area (Å²) in [7, 11) is 1.79. The number of thioether (sulfide) groups is 1. The molecular formula is C15H19N5O3S. The van der Waals surface area contributed by atoms with E-state index in [1.54, 1.807) is 46.9 Å². The molecule has 1 fully saturated rings. The zero-order valence-corrected chi connectivity index (χ0v) is 14.4. The van der Waals surface area contributed by atoms with Gasteiger partial charge in [-0.05, 0) is 12.2 Å². The summed E-state index contributed by atoms with van der Waals surface area (Å²) in [6.07, 6.45) is 3.96. The maximum Gasteiger partial charge on any atom is 0.274 e. The number of carbonyl (C=O) groups excluding carboxylic acids is 2. The zero-order chi connectivity index (χ0) is 17.1. The van der Waals surface area contributed by atoms with Crippen molar-refractivity contribution in [1.82, 2.24) is 20.3 Å². The molecule has 2 aromatic rings. The van der Waals surface area contributed by atoms with Gasteiger partial charge in [0.25, 0.3) is 5.91 Å². The molecule has 3 rings (SSSR count). The van der Waals surface area contributed by atoms with E-state index in [1.165, 1.54) is 0 Å². The highest BCUT2D eigenvalue weighted by Crippen LogP contribution is 2.21. The number of hydrogen-bond donors (Lipinski definition) is 1. The van der Waals surface area contributed by atoms with E-state index in [9.17, 15) is 9.59 Å². The van der Waals surface area contributed by atoms with Gasteiger partial charge in [-0.25, -0.2) is 0 Å². The Hall–Kier alpha value is -2.29. The molecule has 0 aliphatic carbocycles. The van der Waals surface area contributed by atoms with Crippen molar-refractivity contribution in [3.63, 3.8) is 0 Å². The minimum Gasteiger partial charge on any atom is -0.360 e. The molecule has 9 heteroatoms. The molecule has 0 spiro atoms. The van der Waals surface area contributed by atoms with E-state index in [0.717, 1.165) is 11.4 Å². The number of amides is 2. The Labute approximate surface area is 143 Å². The Morgan fingerprint density at radius 2 is 2.38 bits per heavy atom. The first-order valence-electron chi connectivity index (χ1n) is 7.72. The standard InChI is InChI=1S/C15H19N5O3S/c1-3-24-9-11-6-13(18-23-11)14(21)17-12-4-5-20(15(12)22)10-7-16-19(2)8-10/h6-8,12H,3-5,9H2,1-2H3,(H,17,21). The van der Waals surface area contributed by atoms with Gasteiger partial charge in [-0.15, -0.1) is 0 Å². The Balaban J connectivity index is 1.61. The number of nitrogens with one attached hydrogen (secondary N) is 1. The van der Waals surface area contributed by atoms with Gasteiger partial charge in [0.05, 0.1) is 17.6 Å². The lowest BCUT2D eigenvalue weighted by atomic mass is 10.2. The lowest BCUT2D eigenvalue weighted by Gasteiger charge is -2.14. The highest BCUT2D eigenvalue weighted by atomic mass is 32.2. The summed E-state index contributed by atoms with van der Waals surface area (Å²) in [6.45, 7) is 2.60. The monoisotopic (exact) mass is 349 g/mol. The summed E-state index contributed by atoms with van der Waals surface area (Å²) in [5.74, 6) is 1.76. The van der Waals surface area contributed by atoms with Crippen LogP contribution >= 0.6 is 11.8 Å². The fraction of sp³-hybridized carbons (Fsp3) is 0.467. The second-order valence-electron chi connectivity index (χ2n) is 5.49. The van der Waals surface area contributed by atoms with Gasteiger partial charge in [0.15, 0.2) is 5.69 Å². The molecule has 3 heterocycles. The average molecular weight is 349 g/mol. The van der Waals surface area contributed by atoms with Crippen LogP contribution in [0, 0.1) is 0 Å². The van der Waals surface area contributed by atoms with Crippen LogP contribution in [0.25, 0.3) is 0 Å². The fourth-order valence-electron chi connectivity index (χ4n) is 2.54. The number of rotatable bonds is 6. The van der Waals surface area contributed by atoms with Crippen molar-refractivity contribution in [2.24, 2.45) is 7.05 Å². The highest BCUT2D eigenvalue weighted by molar-refractivity contribution is 7.98. The number of aromatic nitrogens is 3. The Morgan fingerprint density at radius 3 is 3.08 bits per heavy atom. The Kier molecular flexibility index (Phi) is 4.89. The van der Waals surface area contributed by atoms with E-state index in [2.05, 4.69) is 15.6 Å². The molecule has 2 aromatic heterocycles. The van der Waals surface area contributed by atoms with Crippen LogP contribution in [-0.2, 0) is 17.6 Å². The summed E-state index contributed by atoms with van der Waals surface area (Å²) in [4.78, 5) is 26.3. The van der Waals surface area contributed by atoms with Crippen LogP contribution in [0.1, 0.15) is 29.6 Å². The first kappa shape index (κ1) is 16.6. The van der Waals surface area contributed by atoms with Crippen molar-refractivity contribution in [3.8, 4) is 0 Å². The van der Waals surface area contributed by atoms with E-state index >= 15 is 0 Å². The Morgan fingerprint density at radius 1 is 1.54 bits per heavy atom. The van der Waals surface area contributed by atoms with Gasteiger partial charge in [-0.1, -0.05) is 12.1 Å². The van der Waals surface area contributed by atoms with Gasteiger partial charge in [0, 0.05) is 25.9 Å².